The van der Waals surface area contributed by atoms with Crippen LogP contribution in [0.1, 0.15) is 24.6 Å². The molecule has 0 unspecified atom stereocenters. The van der Waals surface area contributed by atoms with Gasteiger partial charge in [0.15, 0.2) is 5.82 Å². The van der Waals surface area contributed by atoms with E-state index in [1.54, 1.807) is 0 Å². The molecule has 0 saturated heterocycles. The summed E-state index contributed by atoms with van der Waals surface area (Å²) in [7, 11) is 0. The fourth-order valence-electron chi connectivity index (χ4n) is 1.23. The standard InChI is InChI=1S/C8H9BrN2O2/c1-5(9)4-11-7(6-2-3-6)10-13-8(11)12/h6H,1-4H2. The van der Waals surface area contributed by atoms with Crippen LogP contribution in [0.25, 0.3) is 0 Å². The minimum atomic E-state index is -0.400. The van der Waals surface area contributed by atoms with Gasteiger partial charge in [-0.2, -0.15) is 0 Å². The Hall–Kier alpha value is -0.840. The molecule has 5 heteroatoms. The molecule has 0 aromatic carbocycles. The third kappa shape index (κ3) is 1.75. The number of hydrogen-bond donors (Lipinski definition) is 0. The van der Waals surface area contributed by atoms with Crippen LogP contribution < -0.4 is 5.76 Å². The molecule has 70 valence electrons. The molecule has 4 nitrogen and oxygen atoms in total. The summed E-state index contributed by atoms with van der Waals surface area (Å²) in [6.45, 7) is 4.12. The van der Waals surface area contributed by atoms with E-state index in [0.717, 1.165) is 23.1 Å². The molecule has 0 radical (unpaired) electrons. The van der Waals surface area contributed by atoms with Gasteiger partial charge in [0.05, 0.1) is 6.54 Å². The maximum atomic E-state index is 11.2. The highest BCUT2D eigenvalue weighted by Gasteiger charge is 2.30. The van der Waals surface area contributed by atoms with Gasteiger partial charge in [0.25, 0.3) is 0 Å². The number of hydrogen-bond acceptors (Lipinski definition) is 3. The second-order valence-corrected chi connectivity index (χ2v) is 4.31. The summed E-state index contributed by atoms with van der Waals surface area (Å²) in [6.07, 6.45) is 2.20. The first-order valence-electron chi connectivity index (χ1n) is 4.08. The molecule has 0 bridgehead atoms. The summed E-state index contributed by atoms with van der Waals surface area (Å²) >= 11 is 3.21. The topological polar surface area (TPSA) is 48.0 Å². The lowest BCUT2D eigenvalue weighted by molar-refractivity contribution is 0.375. The van der Waals surface area contributed by atoms with E-state index in [1.165, 1.54) is 4.57 Å². The minimum Gasteiger partial charge on any atom is -0.296 e. The van der Waals surface area contributed by atoms with Gasteiger partial charge in [0.2, 0.25) is 0 Å². The van der Waals surface area contributed by atoms with Gasteiger partial charge in [-0.3, -0.25) is 9.09 Å². The molecular formula is C8H9BrN2O2. The highest BCUT2D eigenvalue weighted by molar-refractivity contribution is 9.11. The summed E-state index contributed by atoms with van der Waals surface area (Å²) in [5.41, 5.74) is 0. The third-order valence-electron chi connectivity index (χ3n) is 1.99. The highest BCUT2D eigenvalue weighted by Crippen LogP contribution is 2.38. The van der Waals surface area contributed by atoms with E-state index < -0.39 is 5.76 Å². The normalized spacial score (nSPS) is 16.1. The molecule has 1 fully saturated rings. The molecule has 0 atom stereocenters. The molecule has 0 N–H and O–H groups in total. The van der Waals surface area contributed by atoms with Crippen molar-refractivity contribution in [3.05, 3.63) is 27.4 Å². The summed E-state index contributed by atoms with van der Waals surface area (Å²) < 4.78 is 6.87. The van der Waals surface area contributed by atoms with Gasteiger partial charge >= 0.3 is 5.76 Å². The first-order valence-corrected chi connectivity index (χ1v) is 4.87. The maximum absolute atomic E-state index is 11.2. The second kappa shape index (κ2) is 3.14. The zero-order valence-corrected chi connectivity index (χ0v) is 8.58. The molecule has 0 amide bonds. The average molecular weight is 245 g/mol. The lowest BCUT2D eigenvalue weighted by atomic mass is 10.4. The summed E-state index contributed by atoms with van der Waals surface area (Å²) in [5, 5.41) is 3.74. The van der Waals surface area contributed by atoms with Crippen LogP contribution in [0.3, 0.4) is 0 Å². The summed E-state index contributed by atoms with van der Waals surface area (Å²) in [6, 6.07) is 0. The predicted molar refractivity (Wildman–Crippen MR) is 50.8 cm³/mol. The molecule has 0 spiro atoms. The van der Waals surface area contributed by atoms with Crippen molar-refractivity contribution < 1.29 is 4.52 Å². The average Bonchev–Trinajstić information content (AvgIpc) is 2.81. The third-order valence-corrected chi connectivity index (χ3v) is 2.24. The van der Waals surface area contributed by atoms with Gasteiger partial charge in [-0.25, -0.2) is 4.79 Å². The van der Waals surface area contributed by atoms with Crippen molar-refractivity contribution >= 4 is 15.9 Å². The lowest BCUT2D eigenvalue weighted by Gasteiger charge is -2.00. The van der Waals surface area contributed by atoms with Gasteiger partial charge in [-0.15, -0.1) is 0 Å². The van der Waals surface area contributed by atoms with Gasteiger partial charge in [0, 0.05) is 10.4 Å². The van der Waals surface area contributed by atoms with Crippen molar-refractivity contribution in [2.24, 2.45) is 0 Å². The Kier molecular flexibility index (Phi) is 2.11. The molecule has 1 aromatic rings. The van der Waals surface area contributed by atoms with E-state index in [9.17, 15) is 4.79 Å². The van der Waals surface area contributed by atoms with E-state index in [-0.39, 0.29) is 0 Å². The maximum Gasteiger partial charge on any atom is 0.441 e. The van der Waals surface area contributed by atoms with E-state index in [4.69, 9.17) is 0 Å². The molecule has 1 aliphatic carbocycles. The van der Waals surface area contributed by atoms with Crippen LogP contribution in [0.2, 0.25) is 0 Å². The Labute approximate surface area is 83.3 Å². The number of allylic oxidation sites excluding steroid dienone is 1. The molecule has 1 aromatic heterocycles. The SMILES string of the molecule is C=C(Br)Cn1c(C2CC2)noc1=O. The fourth-order valence-corrected chi connectivity index (χ4v) is 1.48. The smallest absolute Gasteiger partial charge is 0.296 e. The van der Waals surface area contributed by atoms with Crippen LogP contribution >= 0.6 is 15.9 Å². The van der Waals surface area contributed by atoms with Gasteiger partial charge < -0.3 is 0 Å². The molecule has 2 rings (SSSR count). The van der Waals surface area contributed by atoms with Crippen LogP contribution in [0, 0.1) is 0 Å². The lowest BCUT2D eigenvalue weighted by Crippen LogP contribution is -2.16. The van der Waals surface area contributed by atoms with E-state index >= 15 is 0 Å². The molecule has 1 aliphatic rings. The monoisotopic (exact) mass is 244 g/mol. The van der Waals surface area contributed by atoms with Crippen molar-refractivity contribution in [3.63, 3.8) is 0 Å². The van der Waals surface area contributed by atoms with Crippen LogP contribution in [0.5, 0.6) is 0 Å². The zero-order valence-electron chi connectivity index (χ0n) is 6.99. The van der Waals surface area contributed by atoms with Gasteiger partial charge in [0.1, 0.15) is 0 Å². The van der Waals surface area contributed by atoms with Crippen molar-refractivity contribution in [3.8, 4) is 0 Å². The largest absolute Gasteiger partial charge is 0.441 e. The number of nitrogens with zero attached hydrogens (tertiary/aromatic N) is 2. The fraction of sp³-hybridized carbons (Fsp3) is 0.500. The molecule has 0 aliphatic heterocycles. The number of rotatable bonds is 3. The zero-order chi connectivity index (χ0) is 9.42. The summed E-state index contributed by atoms with van der Waals surface area (Å²) in [4.78, 5) is 11.2. The molecule has 1 heterocycles. The minimum absolute atomic E-state index is 0.400. The van der Waals surface area contributed by atoms with Crippen LogP contribution in [0.4, 0.5) is 0 Å². The van der Waals surface area contributed by atoms with Crippen LogP contribution in [-0.2, 0) is 6.54 Å². The van der Waals surface area contributed by atoms with E-state index in [2.05, 4.69) is 32.2 Å². The molecular weight excluding hydrogens is 236 g/mol. The number of halogens is 1. The van der Waals surface area contributed by atoms with Crippen molar-refractivity contribution in [2.45, 2.75) is 25.3 Å². The first-order chi connectivity index (χ1) is 6.18. The Morgan fingerprint density at radius 2 is 2.46 bits per heavy atom. The first kappa shape index (κ1) is 8.74. The van der Waals surface area contributed by atoms with E-state index in [0.29, 0.717) is 12.5 Å². The number of aromatic nitrogens is 2. The summed E-state index contributed by atoms with van der Waals surface area (Å²) in [5.74, 6) is 0.770. The predicted octanol–water partition coefficient (Wildman–Crippen LogP) is 1.62. The van der Waals surface area contributed by atoms with E-state index in [1.807, 2.05) is 0 Å². The van der Waals surface area contributed by atoms with Crippen molar-refractivity contribution in [1.29, 1.82) is 0 Å². The van der Waals surface area contributed by atoms with Crippen LogP contribution in [0.15, 0.2) is 20.4 Å². The second-order valence-electron chi connectivity index (χ2n) is 3.18. The Morgan fingerprint density at radius 1 is 1.77 bits per heavy atom. The molecule has 1 saturated carbocycles. The Bertz CT molecular complexity index is 389. The quantitative estimate of drug-likeness (QED) is 0.812. The Balaban J connectivity index is 2.34. The van der Waals surface area contributed by atoms with Gasteiger partial charge in [-0.1, -0.05) is 27.7 Å². The van der Waals surface area contributed by atoms with Crippen LogP contribution in [-0.4, -0.2) is 9.72 Å². The Morgan fingerprint density at radius 3 is 3.00 bits per heavy atom. The van der Waals surface area contributed by atoms with Crippen molar-refractivity contribution in [2.75, 3.05) is 0 Å². The molecule has 13 heavy (non-hydrogen) atoms. The van der Waals surface area contributed by atoms with Gasteiger partial charge in [-0.05, 0) is 12.8 Å². The highest BCUT2D eigenvalue weighted by atomic mass is 79.9. The van der Waals surface area contributed by atoms with Crippen molar-refractivity contribution in [1.82, 2.24) is 9.72 Å².